The Morgan fingerprint density at radius 1 is 0.485 bits per heavy atom. The quantitative estimate of drug-likeness (QED) is 0.00441. The SMILES string of the molecule is C=[N+](CCCCCC(=O)Nc1ccc(CC2CN(CC(=O)O)CCN(CCOO)CCN(CCOO)CCN2CC(=O)O)cc1)C(=O)CCCCC1SCC2NC(=O)NC21.CN(CCCCCC(=O)O)CCCCCC1SCC2NC(=O)NC21.CNCCCCCC(=O)OC.COC(=O)CCCCCN(C)C(=O)CCCCC1SCC2NC(=O)NC21.COC(=O)CCCCCNC(C)=O. The van der Waals surface area contributed by atoms with E-state index in [4.69, 9.17) is 15.6 Å². The van der Waals surface area contributed by atoms with Gasteiger partial charge in [0.25, 0.3) is 0 Å². The summed E-state index contributed by atoms with van der Waals surface area (Å²) in [6.07, 6.45) is 27.5. The summed E-state index contributed by atoms with van der Waals surface area (Å²) in [4.78, 5) is 170. The molecule has 8 rings (SSSR count). The van der Waals surface area contributed by atoms with Gasteiger partial charge in [-0.2, -0.15) is 39.9 Å². The van der Waals surface area contributed by atoms with Crippen LogP contribution in [-0.2, 0) is 78.4 Å². The number of anilines is 1. The van der Waals surface area contributed by atoms with Crippen molar-refractivity contribution in [2.45, 2.75) is 277 Å². The minimum absolute atomic E-state index is 0.000259. The minimum Gasteiger partial charge on any atom is -0.481 e. The van der Waals surface area contributed by atoms with Crippen molar-refractivity contribution in [1.82, 2.24) is 71.9 Å². The maximum absolute atomic E-state index is 12.8. The van der Waals surface area contributed by atoms with E-state index in [0.717, 1.165) is 177 Å². The molecule has 0 aromatic heterocycles. The molecule has 7 aliphatic heterocycles. The predicted molar refractivity (Wildman–Crippen MR) is 519 cm³/mol. The third kappa shape index (κ3) is 53.3. The molecular weight excluding hydrogens is 1790 g/mol. The fourth-order valence-corrected chi connectivity index (χ4v) is 21.4. The first-order valence-electron chi connectivity index (χ1n) is 48.1. The summed E-state index contributed by atoms with van der Waals surface area (Å²) in [5.41, 5.74) is 1.51. The van der Waals surface area contributed by atoms with Gasteiger partial charge in [-0.25, -0.2) is 29.0 Å². The standard InChI is InChI=1S/C40H64N8O11S.C18H31N3O4S.C17H31N3O3S.C9H17NO3.C8H17NO2/c1-44(36(50)9-5-4-7-34-39-33(29-60-34)42-40(55)43-39)14-6-2-3-8-35(49)41-31-12-10-30(11-13-31)25-32-26-47(27-37(51)52)18-17-45(21-23-58-56)15-16-46(22-24-59-57)19-20-48(32)28-38(53)54;1-21(11-7-3-4-10-16(23)25-2)15(22)9-6-5-8-14-17-13(12-26-14)19-18(24)20-17;1-20(11-7-3-5-9-15(21)22)10-6-2-4-8-14-16-13(12-24-14)18-17(23)19-16;1-8(11)10-7-5-3-4-6-9(12)13-2;1-9-7-5-3-4-6-8(10)11-2/h10-13,32-34,39H,1-9,14-29H2,(H6-,41,42,43,49,51,52,53,54,55,56,57);13-14,17H,3-12H2,1-2H3,(H2,19,20,24);13-14,16H,2-12H2,1H3,(H,21,22)(H2,18,19,23);3-7H2,1-2H3,(H,10,11);9H,3-7H2,1-2H3/p+1. The Kier molecular flexibility index (Phi) is 63.4. The largest absolute Gasteiger partial charge is 0.481 e. The Morgan fingerprint density at radius 3 is 1.37 bits per heavy atom. The van der Waals surface area contributed by atoms with E-state index in [1.54, 1.807) is 21.9 Å². The van der Waals surface area contributed by atoms with E-state index >= 15 is 0 Å². The number of hydrogen-bond acceptors (Lipinski definition) is 29. The van der Waals surface area contributed by atoms with Crippen LogP contribution < -0.4 is 47.9 Å². The Hall–Kier alpha value is -7.75. The number of esters is 3. The number of thioether (sulfide) groups is 3. The number of unbranched alkanes of at least 4 members (excludes halogenated alkanes) is 14. The summed E-state index contributed by atoms with van der Waals surface area (Å²) in [5, 5.41) is 74.3. The van der Waals surface area contributed by atoms with Crippen molar-refractivity contribution in [1.29, 1.82) is 0 Å². The van der Waals surface area contributed by atoms with Crippen LogP contribution in [0, 0.1) is 0 Å². The number of ether oxygens (including phenoxy) is 3. The average Bonchev–Trinajstić information content (AvgIpc) is 1.67. The molecule has 0 spiro atoms. The van der Waals surface area contributed by atoms with Gasteiger partial charge in [-0.3, -0.25) is 73.3 Å². The summed E-state index contributed by atoms with van der Waals surface area (Å²) in [7, 11) is 10.1. The van der Waals surface area contributed by atoms with Crippen LogP contribution in [0.2, 0.25) is 0 Å². The van der Waals surface area contributed by atoms with Crippen molar-refractivity contribution in [3.8, 4) is 0 Å². The molecule has 10 atom stereocenters. The van der Waals surface area contributed by atoms with E-state index in [1.165, 1.54) is 58.5 Å². The first-order valence-corrected chi connectivity index (χ1v) is 51.3. The molecule has 0 bridgehead atoms. The molecule has 764 valence electrons. The Bertz CT molecular complexity index is 3610. The maximum atomic E-state index is 12.8. The molecule has 10 amide bonds. The van der Waals surface area contributed by atoms with Gasteiger partial charge in [0.05, 0.1) is 90.3 Å². The Balaban J connectivity index is 0.000000413. The second-order valence-electron chi connectivity index (χ2n) is 35.2. The number of aliphatic carboxylic acids is 3. The number of nitrogens with zero attached hydrogens (tertiary/aromatic N) is 7. The highest BCUT2D eigenvalue weighted by molar-refractivity contribution is 8.00. The van der Waals surface area contributed by atoms with E-state index in [0.29, 0.717) is 157 Å². The van der Waals surface area contributed by atoms with Gasteiger partial charge >= 0.3 is 59.8 Å². The number of carboxylic acid groups (broad SMARTS) is 3. The lowest BCUT2D eigenvalue weighted by Gasteiger charge is -2.38. The van der Waals surface area contributed by atoms with Gasteiger partial charge in [0.2, 0.25) is 17.7 Å². The zero-order valence-corrected chi connectivity index (χ0v) is 83.1. The van der Waals surface area contributed by atoms with Crippen LogP contribution in [0.15, 0.2) is 24.3 Å². The molecule has 14 N–H and O–H groups in total. The number of carbonyl (C=O) groups is 13. The van der Waals surface area contributed by atoms with Crippen LogP contribution in [-0.4, -0.2) is 386 Å². The first kappa shape index (κ1) is 119. The number of hydrogen-bond donors (Lipinski definition) is 14. The van der Waals surface area contributed by atoms with Gasteiger partial charge in [-0.1, -0.05) is 63.5 Å². The summed E-state index contributed by atoms with van der Waals surface area (Å²) in [6, 6.07) is 8.40. The third-order valence-corrected chi connectivity index (χ3v) is 29.0. The second kappa shape index (κ2) is 71.7. The number of fused-ring (bicyclic) bond motifs is 3. The lowest BCUT2D eigenvalue weighted by molar-refractivity contribution is -0.442. The number of carboxylic acids is 3. The van der Waals surface area contributed by atoms with Crippen LogP contribution >= 0.6 is 35.3 Å². The number of benzene rings is 1. The van der Waals surface area contributed by atoms with Crippen molar-refractivity contribution in [2.75, 3.05) is 190 Å². The molecule has 7 fully saturated rings. The van der Waals surface area contributed by atoms with Gasteiger partial charge in [-0.05, 0) is 161 Å². The molecule has 10 unspecified atom stereocenters. The molecule has 7 aliphatic rings. The smallest absolute Gasteiger partial charge is 0.386 e. The number of methoxy groups -OCH3 is 3. The minimum atomic E-state index is -1.01. The molecular formula is C92H161N16O23S3+. The summed E-state index contributed by atoms with van der Waals surface area (Å²) < 4.78 is 15.1. The first-order chi connectivity index (χ1) is 64.5. The number of carbonyl (C=O) groups excluding carboxylic acids is 10. The highest BCUT2D eigenvalue weighted by atomic mass is 32.2. The van der Waals surface area contributed by atoms with Gasteiger partial charge in [0.15, 0.2) is 6.54 Å². The van der Waals surface area contributed by atoms with E-state index in [-0.39, 0.29) is 123 Å². The molecule has 7 heterocycles. The van der Waals surface area contributed by atoms with Crippen molar-refractivity contribution in [2.24, 2.45) is 0 Å². The van der Waals surface area contributed by atoms with Crippen molar-refractivity contribution in [3.05, 3.63) is 29.8 Å². The van der Waals surface area contributed by atoms with Crippen LogP contribution in [0.1, 0.15) is 218 Å². The molecule has 7 saturated heterocycles. The topological polar surface area (TPSA) is 500 Å². The number of urea groups is 3. The zero-order chi connectivity index (χ0) is 98.2. The van der Waals surface area contributed by atoms with Crippen LogP contribution in [0.4, 0.5) is 20.1 Å². The number of rotatable bonds is 59. The van der Waals surface area contributed by atoms with Crippen molar-refractivity contribution >= 4 is 125 Å². The molecule has 1 aromatic rings. The lowest BCUT2D eigenvalue weighted by Crippen LogP contribution is -2.53. The Labute approximate surface area is 805 Å². The van der Waals surface area contributed by atoms with Crippen LogP contribution in [0.5, 0.6) is 0 Å². The third-order valence-electron chi connectivity index (χ3n) is 24.5. The normalized spacial score (nSPS) is 20.9. The van der Waals surface area contributed by atoms with E-state index in [1.807, 2.05) is 66.4 Å². The van der Waals surface area contributed by atoms with E-state index in [9.17, 15) is 72.5 Å². The fraction of sp³-hybridized carbons (Fsp3) is 0.783. The summed E-state index contributed by atoms with van der Waals surface area (Å²) in [5.74, 6) is -0.139. The summed E-state index contributed by atoms with van der Waals surface area (Å²) >= 11 is 5.78. The molecule has 1 aromatic carbocycles. The van der Waals surface area contributed by atoms with Crippen molar-refractivity contribution < 1.29 is 117 Å². The second-order valence-corrected chi connectivity index (χ2v) is 39.0. The van der Waals surface area contributed by atoms with E-state index in [2.05, 4.69) is 100 Å². The summed E-state index contributed by atoms with van der Waals surface area (Å²) in [6.45, 7) is 14.2. The lowest BCUT2D eigenvalue weighted by atomic mass is 10.0. The average molecular weight is 1960 g/mol. The molecule has 0 saturated carbocycles. The molecule has 0 radical (unpaired) electrons. The van der Waals surface area contributed by atoms with Gasteiger partial charge < -0.3 is 87.2 Å². The maximum Gasteiger partial charge on any atom is 0.386 e. The number of nitrogens with one attached hydrogen (secondary N) is 9. The highest BCUT2D eigenvalue weighted by Crippen LogP contribution is 2.36. The fourth-order valence-electron chi connectivity index (χ4n) is 16.7. The highest BCUT2D eigenvalue weighted by Gasteiger charge is 2.45. The van der Waals surface area contributed by atoms with Gasteiger partial charge in [0.1, 0.15) is 6.72 Å². The monoisotopic (exact) mass is 1950 g/mol. The van der Waals surface area contributed by atoms with Crippen molar-refractivity contribution in [3.63, 3.8) is 0 Å². The zero-order valence-electron chi connectivity index (χ0n) is 80.6. The van der Waals surface area contributed by atoms with E-state index < -0.39 is 17.9 Å². The molecule has 0 aliphatic carbocycles. The Morgan fingerprint density at radius 2 is 0.903 bits per heavy atom. The molecule has 42 heteroatoms. The molecule has 39 nitrogen and oxygen atoms in total. The van der Waals surface area contributed by atoms with Gasteiger partial charge in [0, 0.05) is 176 Å². The van der Waals surface area contributed by atoms with Crippen LogP contribution in [0.25, 0.3) is 0 Å². The number of amides is 10. The molecule has 134 heavy (non-hydrogen) atoms. The van der Waals surface area contributed by atoms with Gasteiger partial charge in [-0.15, -0.1) is 0 Å². The predicted octanol–water partition coefficient (Wildman–Crippen LogP) is 7.42. The van der Waals surface area contributed by atoms with Crippen LogP contribution in [0.3, 0.4) is 0 Å².